The largest absolute Gasteiger partial charge is 0.486 e. The predicted molar refractivity (Wildman–Crippen MR) is 103 cm³/mol. The van der Waals surface area contributed by atoms with Gasteiger partial charge >= 0.3 is 6.18 Å². The van der Waals surface area contributed by atoms with Crippen LogP contribution in [0, 0.1) is 0 Å². The van der Waals surface area contributed by atoms with Crippen molar-refractivity contribution in [1.82, 2.24) is 15.0 Å². The van der Waals surface area contributed by atoms with E-state index in [1.165, 1.54) is 0 Å². The zero-order valence-corrected chi connectivity index (χ0v) is 15.9. The first kappa shape index (κ1) is 19.2. The number of aromatic amines is 1. The second-order valence-corrected chi connectivity index (χ2v) is 6.73. The average molecular weight is 407 g/mol. The van der Waals surface area contributed by atoms with Gasteiger partial charge in [-0.05, 0) is 25.5 Å². The minimum Gasteiger partial charge on any atom is -0.486 e. The Labute approximate surface area is 164 Å². The third kappa shape index (κ3) is 3.74. The number of rotatable bonds is 5. The van der Waals surface area contributed by atoms with E-state index in [0.717, 1.165) is 12.6 Å². The molecule has 1 atom stereocenters. The van der Waals surface area contributed by atoms with Gasteiger partial charge in [-0.15, -0.1) is 0 Å². The lowest BCUT2D eigenvalue weighted by Gasteiger charge is -2.21. The SMILES string of the molecule is CC[C@H](C)Nc1nc(Nc2cccc3c2OCCO3)nc2[nH]cc(C(F)(F)F)c12. The number of nitrogens with one attached hydrogen (secondary N) is 3. The third-order valence-corrected chi connectivity index (χ3v) is 4.65. The van der Waals surface area contributed by atoms with Crippen molar-refractivity contribution in [1.29, 1.82) is 0 Å². The second kappa shape index (κ2) is 7.34. The number of fused-ring (bicyclic) bond motifs is 2. The van der Waals surface area contributed by atoms with Gasteiger partial charge in [-0.25, -0.2) is 0 Å². The van der Waals surface area contributed by atoms with Crippen molar-refractivity contribution in [2.45, 2.75) is 32.5 Å². The zero-order chi connectivity index (χ0) is 20.6. The van der Waals surface area contributed by atoms with E-state index < -0.39 is 11.7 Å². The van der Waals surface area contributed by atoms with Gasteiger partial charge in [-0.2, -0.15) is 23.1 Å². The Morgan fingerprint density at radius 2 is 2.00 bits per heavy atom. The number of hydrogen-bond acceptors (Lipinski definition) is 6. The summed E-state index contributed by atoms with van der Waals surface area (Å²) in [5.74, 6) is 1.35. The topological polar surface area (TPSA) is 84.1 Å². The van der Waals surface area contributed by atoms with Crippen LogP contribution >= 0.6 is 0 Å². The summed E-state index contributed by atoms with van der Waals surface area (Å²) in [5, 5.41) is 6.00. The molecule has 3 heterocycles. The highest BCUT2D eigenvalue weighted by molar-refractivity contribution is 5.92. The number of para-hydroxylation sites is 1. The van der Waals surface area contributed by atoms with Gasteiger partial charge in [0.05, 0.1) is 16.6 Å². The van der Waals surface area contributed by atoms with Crippen LogP contribution in [0.3, 0.4) is 0 Å². The molecule has 29 heavy (non-hydrogen) atoms. The van der Waals surface area contributed by atoms with Crippen molar-refractivity contribution in [3.05, 3.63) is 30.0 Å². The third-order valence-electron chi connectivity index (χ3n) is 4.65. The average Bonchev–Trinajstić information content (AvgIpc) is 3.13. The van der Waals surface area contributed by atoms with Gasteiger partial charge in [-0.3, -0.25) is 0 Å². The molecule has 0 radical (unpaired) electrons. The lowest BCUT2D eigenvalue weighted by molar-refractivity contribution is -0.136. The minimum absolute atomic E-state index is 0.0712. The molecular weight excluding hydrogens is 387 g/mol. The van der Waals surface area contributed by atoms with Crippen LogP contribution in [0.2, 0.25) is 0 Å². The maximum Gasteiger partial charge on any atom is 0.418 e. The van der Waals surface area contributed by atoms with Gasteiger partial charge < -0.3 is 25.1 Å². The second-order valence-electron chi connectivity index (χ2n) is 6.73. The number of ether oxygens (including phenoxy) is 2. The molecule has 10 heteroatoms. The van der Waals surface area contributed by atoms with Crippen molar-refractivity contribution in [3.8, 4) is 11.5 Å². The Morgan fingerprint density at radius 3 is 2.76 bits per heavy atom. The maximum atomic E-state index is 13.4. The Balaban J connectivity index is 1.78. The van der Waals surface area contributed by atoms with Crippen LogP contribution in [-0.4, -0.2) is 34.2 Å². The summed E-state index contributed by atoms with van der Waals surface area (Å²) < 4.78 is 51.5. The Kier molecular flexibility index (Phi) is 4.85. The number of hydrogen-bond donors (Lipinski definition) is 3. The molecule has 0 bridgehead atoms. The van der Waals surface area contributed by atoms with E-state index in [4.69, 9.17) is 9.47 Å². The van der Waals surface area contributed by atoms with Gasteiger partial charge in [0.25, 0.3) is 0 Å². The van der Waals surface area contributed by atoms with E-state index in [-0.39, 0.29) is 28.8 Å². The molecule has 154 valence electrons. The summed E-state index contributed by atoms with van der Waals surface area (Å²) in [6.07, 6.45) is -2.89. The molecule has 0 amide bonds. The van der Waals surface area contributed by atoms with Crippen LogP contribution in [0.4, 0.5) is 30.6 Å². The van der Waals surface area contributed by atoms with Crippen LogP contribution < -0.4 is 20.1 Å². The number of nitrogens with zero attached hydrogens (tertiary/aromatic N) is 2. The van der Waals surface area contributed by atoms with E-state index in [1.807, 2.05) is 13.8 Å². The zero-order valence-electron chi connectivity index (χ0n) is 15.9. The number of halogens is 3. The highest BCUT2D eigenvalue weighted by Crippen LogP contribution is 2.40. The first-order chi connectivity index (χ1) is 13.9. The Morgan fingerprint density at radius 1 is 1.21 bits per heavy atom. The summed E-state index contributed by atoms with van der Waals surface area (Å²) in [7, 11) is 0. The molecule has 2 aromatic heterocycles. The van der Waals surface area contributed by atoms with Gasteiger partial charge in [-0.1, -0.05) is 13.0 Å². The monoisotopic (exact) mass is 407 g/mol. The van der Waals surface area contributed by atoms with E-state index in [1.54, 1.807) is 18.2 Å². The number of H-pyrrole nitrogens is 1. The van der Waals surface area contributed by atoms with Crippen molar-refractivity contribution in [2.75, 3.05) is 23.8 Å². The molecule has 3 aromatic rings. The first-order valence-corrected chi connectivity index (χ1v) is 9.25. The fraction of sp³-hybridized carbons (Fsp3) is 0.368. The number of anilines is 3. The molecular formula is C19H20F3N5O2. The van der Waals surface area contributed by atoms with Crippen molar-refractivity contribution in [2.24, 2.45) is 0 Å². The molecule has 1 aliphatic rings. The van der Waals surface area contributed by atoms with Gasteiger partial charge in [0, 0.05) is 12.2 Å². The quantitative estimate of drug-likeness (QED) is 0.569. The van der Waals surface area contributed by atoms with Gasteiger partial charge in [0.2, 0.25) is 5.95 Å². The summed E-state index contributed by atoms with van der Waals surface area (Å²) in [5.41, 5.74) is -0.153. The lowest BCUT2D eigenvalue weighted by Crippen LogP contribution is -2.17. The number of benzene rings is 1. The van der Waals surface area contributed by atoms with E-state index >= 15 is 0 Å². The standard InChI is InChI=1S/C19H20F3N5O2/c1-3-10(2)24-17-14-11(19(20,21)22)9-23-16(14)26-18(27-17)25-12-5-4-6-13-15(12)29-8-7-28-13/h4-6,9-10H,3,7-8H2,1-2H3,(H3,23,24,25,26,27)/t10-/m0/s1. The smallest absolute Gasteiger partial charge is 0.418 e. The molecule has 1 aliphatic heterocycles. The maximum absolute atomic E-state index is 13.4. The summed E-state index contributed by atoms with van der Waals surface area (Å²) in [6.45, 7) is 4.66. The molecule has 7 nitrogen and oxygen atoms in total. The molecule has 1 aromatic carbocycles. The lowest BCUT2D eigenvalue weighted by atomic mass is 10.2. The number of alkyl halides is 3. The van der Waals surface area contributed by atoms with Crippen molar-refractivity contribution in [3.63, 3.8) is 0 Å². The van der Waals surface area contributed by atoms with Gasteiger partial charge in [0.1, 0.15) is 24.7 Å². The van der Waals surface area contributed by atoms with Crippen LogP contribution in [0.1, 0.15) is 25.8 Å². The Hall–Kier alpha value is -3.17. The molecule has 0 saturated carbocycles. The highest BCUT2D eigenvalue weighted by atomic mass is 19.4. The summed E-state index contributed by atoms with van der Waals surface area (Å²) >= 11 is 0. The molecule has 3 N–H and O–H groups in total. The number of aromatic nitrogens is 3. The Bertz CT molecular complexity index is 1030. The molecule has 0 spiro atoms. The molecule has 0 fully saturated rings. The molecule has 0 aliphatic carbocycles. The fourth-order valence-electron chi connectivity index (χ4n) is 3.05. The highest BCUT2D eigenvalue weighted by Gasteiger charge is 2.35. The normalized spacial score (nSPS) is 14.7. The van der Waals surface area contributed by atoms with Crippen LogP contribution in [0.15, 0.2) is 24.4 Å². The molecule has 0 saturated heterocycles. The van der Waals surface area contributed by atoms with Crippen LogP contribution in [0.25, 0.3) is 11.0 Å². The summed E-state index contributed by atoms with van der Waals surface area (Å²) in [4.78, 5) is 11.2. The van der Waals surface area contributed by atoms with E-state index in [2.05, 4.69) is 25.6 Å². The van der Waals surface area contributed by atoms with Crippen molar-refractivity contribution >= 4 is 28.5 Å². The molecule has 0 unspecified atom stereocenters. The predicted octanol–water partition coefficient (Wildman–Crippen LogP) is 4.70. The fourth-order valence-corrected chi connectivity index (χ4v) is 3.05. The molecule has 4 rings (SSSR count). The van der Waals surface area contributed by atoms with Crippen LogP contribution in [-0.2, 0) is 6.18 Å². The van der Waals surface area contributed by atoms with E-state index in [9.17, 15) is 13.2 Å². The van der Waals surface area contributed by atoms with Crippen LogP contribution in [0.5, 0.6) is 11.5 Å². The van der Waals surface area contributed by atoms with Crippen molar-refractivity contribution < 1.29 is 22.6 Å². The van der Waals surface area contributed by atoms with E-state index in [0.29, 0.717) is 30.4 Å². The first-order valence-electron chi connectivity index (χ1n) is 9.25. The van der Waals surface area contributed by atoms with Gasteiger partial charge in [0.15, 0.2) is 11.5 Å². The minimum atomic E-state index is -4.52. The summed E-state index contributed by atoms with van der Waals surface area (Å²) in [6, 6.07) is 5.25.